The van der Waals surface area contributed by atoms with E-state index in [2.05, 4.69) is 5.32 Å². The zero-order valence-corrected chi connectivity index (χ0v) is 11.0. The van der Waals surface area contributed by atoms with Crippen LogP contribution in [-0.2, 0) is 16.3 Å². The summed E-state index contributed by atoms with van der Waals surface area (Å²) in [5.74, 6) is 0. The van der Waals surface area contributed by atoms with Crippen LogP contribution < -0.4 is 5.32 Å². The molecule has 0 amide bonds. The summed E-state index contributed by atoms with van der Waals surface area (Å²) in [7, 11) is 0. The summed E-state index contributed by atoms with van der Waals surface area (Å²) in [6, 6.07) is 4.03. The maximum Gasteiger partial charge on any atom is 0.416 e. The number of hydrogen-bond donors (Lipinski definition) is 1. The summed E-state index contributed by atoms with van der Waals surface area (Å²) in [4.78, 5) is 0. The van der Waals surface area contributed by atoms with Crippen LogP contribution in [-0.4, -0.2) is 19.8 Å². The number of benzene rings is 1. The van der Waals surface area contributed by atoms with Gasteiger partial charge in [-0.25, -0.2) is 0 Å². The first-order valence-electron chi connectivity index (χ1n) is 6.05. The molecule has 2 aliphatic heterocycles. The molecule has 1 aromatic carbocycles. The van der Waals surface area contributed by atoms with Gasteiger partial charge in [-0.05, 0) is 30.5 Å². The van der Waals surface area contributed by atoms with E-state index in [1.54, 1.807) is 6.07 Å². The number of nitrogens with one attached hydrogen (secondary N) is 1. The molecule has 0 saturated carbocycles. The molecule has 0 atom stereocenters. The average Bonchev–Trinajstić information content (AvgIpc) is 2.68. The molecule has 1 spiro atoms. The van der Waals surface area contributed by atoms with E-state index >= 15 is 0 Å². The lowest BCUT2D eigenvalue weighted by atomic mass is 9.76. The summed E-state index contributed by atoms with van der Waals surface area (Å²) in [5.41, 5.74) is 1.03. The van der Waals surface area contributed by atoms with E-state index < -0.39 is 11.7 Å². The lowest BCUT2D eigenvalue weighted by Gasteiger charge is -2.33. The molecule has 0 radical (unpaired) electrons. The number of ether oxygens (including phenoxy) is 1. The summed E-state index contributed by atoms with van der Waals surface area (Å²) in [5, 5.41) is 3.12. The van der Waals surface area contributed by atoms with Gasteiger partial charge in [0.25, 0.3) is 0 Å². The third-order valence-corrected chi connectivity index (χ3v) is 3.99. The van der Waals surface area contributed by atoms with Crippen LogP contribution in [0.3, 0.4) is 0 Å². The van der Waals surface area contributed by atoms with Crippen molar-refractivity contribution < 1.29 is 17.9 Å². The van der Waals surface area contributed by atoms with Crippen LogP contribution in [0.15, 0.2) is 18.2 Å². The lowest BCUT2D eigenvalue weighted by Crippen LogP contribution is -2.35. The van der Waals surface area contributed by atoms with Crippen molar-refractivity contribution in [2.75, 3.05) is 25.1 Å². The number of rotatable bonds is 0. The SMILES string of the molecule is Cl.FC(F)(F)c1ccc2c(c1)NCC21CCOCC1. The van der Waals surface area contributed by atoms with Gasteiger partial charge in [-0.2, -0.15) is 13.2 Å². The van der Waals surface area contributed by atoms with Crippen LogP contribution in [0, 0.1) is 0 Å². The summed E-state index contributed by atoms with van der Waals surface area (Å²) in [6.07, 6.45) is -2.53. The summed E-state index contributed by atoms with van der Waals surface area (Å²) >= 11 is 0. The van der Waals surface area contributed by atoms with E-state index in [1.165, 1.54) is 12.1 Å². The maximum absolute atomic E-state index is 12.6. The highest BCUT2D eigenvalue weighted by Crippen LogP contribution is 2.45. The molecule has 3 rings (SSSR count). The van der Waals surface area contributed by atoms with Gasteiger partial charge in [-0.3, -0.25) is 0 Å². The Morgan fingerprint density at radius 3 is 2.47 bits per heavy atom. The van der Waals surface area contributed by atoms with Crippen molar-refractivity contribution in [3.63, 3.8) is 0 Å². The van der Waals surface area contributed by atoms with Crippen molar-refractivity contribution >= 4 is 18.1 Å². The molecule has 1 N–H and O–H groups in total. The monoisotopic (exact) mass is 293 g/mol. The van der Waals surface area contributed by atoms with Gasteiger partial charge in [0.15, 0.2) is 0 Å². The topological polar surface area (TPSA) is 21.3 Å². The van der Waals surface area contributed by atoms with Crippen LogP contribution in [0.2, 0.25) is 0 Å². The first-order valence-corrected chi connectivity index (χ1v) is 6.05. The van der Waals surface area contributed by atoms with E-state index in [-0.39, 0.29) is 17.8 Å². The maximum atomic E-state index is 12.6. The molecule has 19 heavy (non-hydrogen) atoms. The average molecular weight is 294 g/mol. The number of fused-ring (bicyclic) bond motifs is 2. The second-order valence-corrected chi connectivity index (χ2v) is 5.00. The highest BCUT2D eigenvalue weighted by atomic mass is 35.5. The predicted octanol–water partition coefficient (Wildman–Crippen LogP) is 3.60. The van der Waals surface area contributed by atoms with Gasteiger partial charge in [0, 0.05) is 30.9 Å². The molecule has 0 unspecified atom stereocenters. The van der Waals surface area contributed by atoms with Gasteiger partial charge < -0.3 is 10.1 Å². The first-order chi connectivity index (χ1) is 8.51. The number of alkyl halides is 3. The normalized spacial score (nSPS) is 20.6. The van der Waals surface area contributed by atoms with Gasteiger partial charge in [-0.1, -0.05) is 6.07 Å². The molecule has 2 nitrogen and oxygen atoms in total. The van der Waals surface area contributed by atoms with E-state index in [0.717, 1.165) is 18.4 Å². The Morgan fingerprint density at radius 1 is 1.16 bits per heavy atom. The van der Waals surface area contributed by atoms with Gasteiger partial charge in [-0.15, -0.1) is 12.4 Å². The van der Waals surface area contributed by atoms with Crippen LogP contribution >= 0.6 is 12.4 Å². The Bertz CT molecular complexity index is 469. The van der Waals surface area contributed by atoms with E-state index in [0.29, 0.717) is 25.4 Å². The number of halogens is 4. The molecule has 0 aromatic heterocycles. The van der Waals surface area contributed by atoms with Crippen LogP contribution in [0.1, 0.15) is 24.0 Å². The molecule has 0 aliphatic carbocycles. The van der Waals surface area contributed by atoms with Crippen molar-refractivity contribution in [1.29, 1.82) is 0 Å². The quantitative estimate of drug-likeness (QED) is 0.789. The number of anilines is 1. The molecule has 1 saturated heterocycles. The minimum Gasteiger partial charge on any atom is -0.384 e. The molecule has 2 aliphatic rings. The summed E-state index contributed by atoms with van der Waals surface area (Å²) in [6.45, 7) is 2.08. The van der Waals surface area contributed by atoms with E-state index in [1.807, 2.05) is 0 Å². The molecule has 1 fully saturated rings. The van der Waals surface area contributed by atoms with Crippen LogP contribution in [0.25, 0.3) is 0 Å². The van der Waals surface area contributed by atoms with Crippen molar-refractivity contribution in [2.24, 2.45) is 0 Å². The van der Waals surface area contributed by atoms with Crippen molar-refractivity contribution in [2.45, 2.75) is 24.4 Å². The van der Waals surface area contributed by atoms with Gasteiger partial charge >= 0.3 is 6.18 Å². The second-order valence-electron chi connectivity index (χ2n) is 5.00. The standard InChI is InChI=1S/C13H14F3NO.ClH/c14-13(15,16)9-1-2-10-11(7-9)17-8-12(10)3-5-18-6-4-12;/h1-2,7,17H,3-6,8H2;1H. The largest absolute Gasteiger partial charge is 0.416 e. The minimum atomic E-state index is -4.28. The van der Waals surface area contributed by atoms with Crippen molar-refractivity contribution in [1.82, 2.24) is 0 Å². The number of hydrogen-bond acceptors (Lipinski definition) is 2. The highest BCUT2D eigenvalue weighted by Gasteiger charge is 2.41. The molecule has 1 aromatic rings. The molecule has 0 bridgehead atoms. The lowest BCUT2D eigenvalue weighted by molar-refractivity contribution is -0.137. The first kappa shape index (κ1) is 14.5. The minimum absolute atomic E-state index is 0. The van der Waals surface area contributed by atoms with E-state index in [9.17, 15) is 13.2 Å². The zero-order chi connectivity index (χ0) is 12.8. The van der Waals surface area contributed by atoms with Gasteiger partial charge in [0.05, 0.1) is 5.56 Å². The highest BCUT2D eigenvalue weighted by molar-refractivity contribution is 5.85. The third-order valence-electron chi connectivity index (χ3n) is 3.99. The fourth-order valence-electron chi connectivity index (χ4n) is 2.90. The third kappa shape index (κ3) is 2.41. The Labute approximate surface area is 115 Å². The molecule has 6 heteroatoms. The van der Waals surface area contributed by atoms with Gasteiger partial charge in [0.1, 0.15) is 0 Å². The van der Waals surface area contributed by atoms with E-state index in [4.69, 9.17) is 4.74 Å². The van der Waals surface area contributed by atoms with Crippen LogP contribution in [0.5, 0.6) is 0 Å². The van der Waals surface area contributed by atoms with Crippen molar-refractivity contribution in [3.8, 4) is 0 Å². The van der Waals surface area contributed by atoms with Crippen LogP contribution in [0.4, 0.5) is 18.9 Å². The van der Waals surface area contributed by atoms with Gasteiger partial charge in [0.2, 0.25) is 0 Å². The smallest absolute Gasteiger partial charge is 0.384 e. The Kier molecular flexibility index (Phi) is 3.71. The second kappa shape index (κ2) is 4.87. The Hall–Kier alpha value is -0.940. The summed E-state index contributed by atoms with van der Waals surface area (Å²) < 4.78 is 43.3. The Morgan fingerprint density at radius 2 is 1.84 bits per heavy atom. The molecular weight excluding hydrogens is 279 g/mol. The fourth-order valence-corrected chi connectivity index (χ4v) is 2.90. The zero-order valence-electron chi connectivity index (χ0n) is 10.2. The molecule has 2 heterocycles. The molecule has 106 valence electrons. The molecular formula is C13H15ClF3NO. The Balaban J connectivity index is 0.00000133. The van der Waals surface area contributed by atoms with Crippen molar-refractivity contribution in [3.05, 3.63) is 29.3 Å². The predicted molar refractivity (Wildman–Crippen MR) is 68.9 cm³/mol. The fraction of sp³-hybridized carbons (Fsp3) is 0.538.